The number of hydrogen-bond acceptors (Lipinski definition) is 2. The van der Waals surface area contributed by atoms with Crippen LogP contribution in [0.2, 0.25) is 0 Å². The summed E-state index contributed by atoms with van der Waals surface area (Å²) in [5.74, 6) is 0. The van der Waals surface area contributed by atoms with Gasteiger partial charge in [0.25, 0.3) is 6.71 Å². The molecule has 550 valence electrons. The number of nitrogens with zero attached hydrogens (tertiary/aromatic N) is 2. The van der Waals surface area contributed by atoms with Crippen LogP contribution in [0.3, 0.4) is 0 Å². The second-order valence-electron chi connectivity index (χ2n) is 33.1. The topological polar surface area (TPSA) is 6.48 Å². The first kappa shape index (κ1) is 72.1. The van der Waals surface area contributed by atoms with Crippen LogP contribution in [-0.2, 0) is 10.8 Å². The Morgan fingerprint density at radius 1 is 0.191 bits per heavy atom. The average molecular weight is 1510 g/mol. The van der Waals surface area contributed by atoms with Crippen molar-refractivity contribution in [1.29, 1.82) is 0 Å². The van der Waals surface area contributed by atoms with Crippen LogP contribution in [0.25, 0.3) is 66.8 Å². The summed E-state index contributed by atoms with van der Waals surface area (Å²) in [6.07, 6.45) is 0. The molecule has 19 rings (SSSR count). The van der Waals surface area contributed by atoms with Gasteiger partial charge in [-0.25, -0.2) is 0 Å². The van der Waals surface area contributed by atoms with Crippen LogP contribution in [0.1, 0.15) is 52.7 Å². The predicted molar refractivity (Wildman–Crippen MR) is 498 cm³/mol. The molecule has 17 aromatic carbocycles. The molecule has 0 amide bonds. The van der Waals surface area contributed by atoms with E-state index in [4.69, 9.17) is 0 Å². The number of benzene rings is 17. The van der Waals surface area contributed by atoms with Gasteiger partial charge >= 0.3 is 0 Å². The molecule has 0 fully saturated rings. The van der Waals surface area contributed by atoms with Gasteiger partial charge in [-0.05, 0) is 178 Å². The average Bonchev–Trinajstić information content (AvgIpc) is 0.889. The molecular formula is C110H89BN2Si2. The molecule has 0 radical (unpaired) electrons. The van der Waals surface area contributed by atoms with E-state index in [0.29, 0.717) is 0 Å². The van der Waals surface area contributed by atoms with Crippen molar-refractivity contribution in [3.63, 3.8) is 0 Å². The monoisotopic (exact) mass is 1500 g/mol. The van der Waals surface area contributed by atoms with E-state index < -0.39 is 16.1 Å². The van der Waals surface area contributed by atoms with E-state index in [1.807, 2.05) is 0 Å². The lowest BCUT2D eigenvalue weighted by molar-refractivity contribution is 0.590. The fraction of sp³-hybridized carbons (Fsp3) is 0.0727. The predicted octanol–water partition coefficient (Wildman–Crippen LogP) is 21.1. The van der Waals surface area contributed by atoms with Crippen LogP contribution >= 0.6 is 0 Å². The van der Waals surface area contributed by atoms with Gasteiger partial charge in [-0.3, -0.25) is 0 Å². The SMILES string of the molecule is CC(C)(C)c1cccc(-c2ccc3c(c2)B2c4ccccc4N(c4ccccc4-c4ccccc4)c4cc(-c5cc([Si](c6ccccc6)(c6ccccc6)c6cccc(-c7ccccc7)c6)cc([Si](c6ccccc6)(c6ccccc6)c6cccc(-c7ccccc7)c6)c5)cc(c42)N3c2ccc(C(C)(C)C)cc2-c2ccccc2)c1. The zero-order chi connectivity index (χ0) is 77.8. The highest BCUT2D eigenvalue weighted by Gasteiger charge is 2.49. The lowest BCUT2D eigenvalue weighted by atomic mass is 9.33. The quantitative estimate of drug-likeness (QED) is 0.0703. The minimum Gasteiger partial charge on any atom is -0.311 e. The third-order valence-electron chi connectivity index (χ3n) is 24.2. The number of hydrogen-bond donors (Lipinski definition) is 0. The number of para-hydroxylation sites is 2. The lowest BCUT2D eigenvalue weighted by Crippen LogP contribution is -2.78. The molecule has 0 saturated heterocycles. The third-order valence-corrected chi connectivity index (χ3v) is 33.7. The minimum atomic E-state index is -3.54. The summed E-state index contributed by atoms with van der Waals surface area (Å²) in [6, 6.07) is 166. The first-order valence-electron chi connectivity index (χ1n) is 40.5. The maximum Gasteiger partial charge on any atom is 0.252 e. The van der Waals surface area contributed by atoms with E-state index in [-0.39, 0.29) is 17.5 Å². The molecule has 0 bridgehead atoms. The summed E-state index contributed by atoms with van der Waals surface area (Å²) in [6.45, 7) is 13.8. The van der Waals surface area contributed by atoms with Crippen LogP contribution in [0.5, 0.6) is 0 Å². The molecule has 0 N–H and O–H groups in total. The van der Waals surface area contributed by atoms with Crippen molar-refractivity contribution < 1.29 is 0 Å². The zero-order valence-corrected chi connectivity index (χ0v) is 68.0. The fourth-order valence-electron chi connectivity index (χ4n) is 18.7. The van der Waals surface area contributed by atoms with E-state index >= 15 is 0 Å². The second kappa shape index (κ2) is 29.7. The molecule has 2 nitrogen and oxygen atoms in total. The largest absolute Gasteiger partial charge is 0.311 e. The van der Waals surface area contributed by atoms with Gasteiger partial charge in [0.2, 0.25) is 0 Å². The Kier molecular flexibility index (Phi) is 18.6. The van der Waals surface area contributed by atoms with E-state index in [9.17, 15) is 0 Å². The molecule has 2 aliphatic heterocycles. The molecule has 0 aliphatic carbocycles. The molecule has 115 heavy (non-hydrogen) atoms. The van der Waals surface area contributed by atoms with E-state index in [1.165, 1.54) is 108 Å². The molecule has 2 heterocycles. The van der Waals surface area contributed by atoms with E-state index in [2.05, 4.69) is 482 Å². The Bertz CT molecular complexity index is 6150. The minimum absolute atomic E-state index is 0.0534. The van der Waals surface area contributed by atoms with Crippen LogP contribution in [0.15, 0.2) is 431 Å². The molecule has 5 heteroatoms. The van der Waals surface area contributed by atoms with Crippen molar-refractivity contribution in [2.75, 3.05) is 9.80 Å². The zero-order valence-electron chi connectivity index (χ0n) is 66.0. The molecule has 2 aliphatic rings. The van der Waals surface area contributed by atoms with Crippen LogP contribution in [0, 0.1) is 0 Å². The Morgan fingerprint density at radius 3 is 1.00 bits per heavy atom. The molecular weight excluding hydrogens is 1420 g/mol. The van der Waals surface area contributed by atoms with Crippen LogP contribution < -0.4 is 67.7 Å². The second-order valence-corrected chi connectivity index (χ2v) is 40.7. The van der Waals surface area contributed by atoms with Crippen molar-refractivity contribution in [3.05, 3.63) is 442 Å². The van der Waals surface area contributed by atoms with Gasteiger partial charge < -0.3 is 9.80 Å². The molecule has 0 spiro atoms. The van der Waals surface area contributed by atoms with Crippen molar-refractivity contribution in [2.24, 2.45) is 0 Å². The summed E-state index contributed by atoms with van der Waals surface area (Å²) in [5.41, 5.74) is 26.9. The Labute approximate surface area is 680 Å². The molecule has 0 unspecified atom stereocenters. The number of rotatable bonds is 16. The smallest absolute Gasteiger partial charge is 0.252 e. The maximum atomic E-state index is 2.73. The number of fused-ring (bicyclic) bond motifs is 4. The van der Waals surface area contributed by atoms with E-state index in [0.717, 1.165) is 61.9 Å². The van der Waals surface area contributed by atoms with E-state index in [1.54, 1.807) is 0 Å². The van der Waals surface area contributed by atoms with Crippen molar-refractivity contribution >= 4 is 115 Å². The van der Waals surface area contributed by atoms with Gasteiger partial charge in [-0.2, -0.15) is 0 Å². The van der Waals surface area contributed by atoms with Crippen LogP contribution in [-0.4, -0.2) is 22.9 Å². The highest BCUT2D eigenvalue weighted by atomic mass is 28.3. The summed E-state index contributed by atoms with van der Waals surface area (Å²) >= 11 is 0. The first-order chi connectivity index (χ1) is 56.3. The van der Waals surface area contributed by atoms with Crippen molar-refractivity contribution in [3.8, 4) is 66.8 Å². The molecule has 0 atom stereocenters. The molecule has 0 saturated carbocycles. The van der Waals surface area contributed by atoms with Crippen molar-refractivity contribution in [1.82, 2.24) is 0 Å². The van der Waals surface area contributed by atoms with Gasteiger partial charge in [-0.15, -0.1) is 0 Å². The fourth-order valence-corrected chi connectivity index (χ4v) is 28.5. The van der Waals surface area contributed by atoms with Crippen molar-refractivity contribution in [2.45, 2.75) is 52.4 Å². The van der Waals surface area contributed by atoms with Crippen LogP contribution in [0.4, 0.5) is 34.1 Å². The van der Waals surface area contributed by atoms with Gasteiger partial charge in [-0.1, -0.05) is 430 Å². The molecule has 0 aromatic heterocycles. The van der Waals surface area contributed by atoms with Gasteiger partial charge in [0.1, 0.15) is 0 Å². The summed E-state index contributed by atoms with van der Waals surface area (Å²) in [7, 11) is -7.08. The normalized spacial score (nSPS) is 12.6. The summed E-state index contributed by atoms with van der Waals surface area (Å²) in [4.78, 5) is 5.33. The summed E-state index contributed by atoms with van der Waals surface area (Å²) in [5, 5.41) is 10.4. The Hall–Kier alpha value is -13.2. The maximum absolute atomic E-state index is 3.54. The van der Waals surface area contributed by atoms with Gasteiger partial charge in [0, 0.05) is 33.9 Å². The highest BCUT2D eigenvalue weighted by Crippen LogP contribution is 2.51. The lowest BCUT2D eigenvalue weighted by Gasteiger charge is -2.45. The number of anilines is 6. The summed E-state index contributed by atoms with van der Waals surface area (Å²) < 4.78 is 0. The third kappa shape index (κ3) is 12.9. The standard InChI is InChI=1S/C110H89BN2Si2/c1-109(2,3)88-49-35-46-82(68-88)85-64-66-105-101(73-85)111-100-61-32-34-63-104(100)112(102-62-33-31-60-98(102)80-42-19-9-20-43-80)106-74-87(75-107(108(106)111)113(105)103-67-65-89(110(4,5)6)76-99(103)81-44-21-10-22-45-81)86-71-96(114(90-50-23-11-24-51-90,91-52-25-12-26-53-91)94-58-36-47-83(69-94)78-38-15-7-16-39-78)77-97(72-86)115(92-54-27-13-28-55-92,93-56-29-14-30-57-93)95-59-37-48-84(70-95)79-40-17-8-18-41-79/h7-77H,1-6H3. The highest BCUT2D eigenvalue weighted by molar-refractivity contribution is 7.22. The van der Waals surface area contributed by atoms with Gasteiger partial charge in [0.15, 0.2) is 16.1 Å². The first-order valence-corrected chi connectivity index (χ1v) is 44.5. The van der Waals surface area contributed by atoms with Gasteiger partial charge in [0.05, 0.1) is 11.4 Å². The Balaban J connectivity index is 1.00. The molecule has 17 aromatic rings. The Morgan fingerprint density at radius 2 is 0.522 bits per heavy atom.